The van der Waals surface area contributed by atoms with E-state index in [9.17, 15) is 31.1 Å². The standard InChI is InChI=1S/C19H16F6N2O2/c20-18(21,22)13-5-3-11(4-6-13)15(27-17(28)12-7-9-29-10-12)16-14(19(23,24)25)2-1-8-26-16/h1-6,8,12,15H,7,9-10H2,(H,27,28)/t12?,15-/m0/s1. The maximum absolute atomic E-state index is 13.5. The number of aromatic nitrogens is 1. The Hall–Kier alpha value is -2.62. The lowest BCUT2D eigenvalue weighted by atomic mass is 9.96. The lowest BCUT2D eigenvalue weighted by Gasteiger charge is -2.24. The van der Waals surface area contributed by atoms with Gasteiger partial charge in [-0.1, -0.05) is 12.1 Å². The van der Waals surface area contributed by atoms with Gasteiger partial charge in [-0.05, 0) is 36.2 Å². The Labute approximate surface area is 161 Å². The zero-order valence-corrected chi connectivity index (χ0v) is 14.8. The van der Waals surface area contributed by atoms with Gasteiger partial charge in [0, 0.05) is 12.8 Å². The molecule has 0 aliphatic carbocycles. The number of alkyl halides is 6. The van der Waals surface area contributed by atoms with Gasteiger partial charge in [0.1, 0.15) is 0 Å². The van der Waals surface area contributed by atoms with Crippen LogP contribution in [0.4, 0.5) is 26.3 Å². The molecule has 0 spiro atoms. The van der Waals surface area contributed by atoms with Gasteiger partial charge in [-0.15, -0.1) is 0 Å². The van der Waals surface area contributed by atoms with Crippen molar-refractivity contribution in [2.24, 2.45) is 5.92 Å². The van der Waals surface area contributed by atoms with Crippen LogP contribution in [0.3, 0.4) is 0 Å². The van der Waals surface area contributed by atoms with Crippen molar-refractivity contribution in [1.82, 2.24) is 10.3 Å². The van der Waals surface area contributed by atoms with Gasteiger partial charge in [-0.3, -0.25) is 9.78 Å². The third kappa shape index (κ3) is 4.87. The number of hydrogen-bond acceptors (Lipinski definition) is 3. The van der Waals surface area contributed by atoms with Crippen LogP contribution in [0.1, 0.15) is 34.8 Å². The van der Waals surface area contributed by atoms with E-state index in [0.717, 1.165) is 42.6 Å². The van der Waals surface area contributed by atoms with Crippen LogP contribution in [0, 0.1) is 5.92 Å². The summed E-state index contributed by atoms with van der Waals surface area (Å²) in [4.78, 5) is 16.3. The minimum absolute atomic E-state index is 0.0504. The predicted octanol–water partition coefficient (Wildman–Crippen LogP) is 4.36. The highest BCUT2D eigenvalue weighted by Crippen LogP contribution is 2.36. The number of rotatable bonds is 4. The second-order valence-corrected chi connectivity index (χ2v) is 6.56. The average molecular weight is 418 g/mol. The minimum atomic E-state index is -4.76. The Morgan fingerprint density at radius 1 is 1.07 bits per heavy atom. The summed E-state index contributed by atoms with van der Waals surface area (Å²) in [6.07, 6.45) is -7.82. The molecule has 1 unspecified atom stereocenters. The van der Waals surface area contributed by atoms with E-state index in [1.165, 1.54) is 0 Å². The van der Waals surface area contributed by atoms with Gasteiger partial charge in [0.05, 0.1) is 35.4 Å². The van der Waals surface area contributed by atoms with Gasteiger partial charge >= 0.3 is 12.4 Å². The molecule has 1 aliphatic rings. The van der Waals surface area contributed by atoms with Crippen molar-refractivity contribution >= 4 is 5.91 Å². The van der Waals surface area contributed by atoms with E-state index >= 15 is 0 Å². The second kappa shape index (κ2) is 8.02. The molecule has 2 heterocycles. The number of hydrogen-bond donors (Lipinski definition) is 1. The Kier molecular flexibility index (Phi) is 5.83. The smallest absolute Gasteiger partial charge is 0.381 e. The molecule has 10 heteroatoms. The summed E-state index contributed by atoms with van der Waals surface area (Å²) >= 11 is 0. The van der Waals surface area contributed by atoms with E-state index in [2.05, 4.69) is 10.3 Å². The van der Waals surface area contributed by atoms with Crippen LogP contribution in [-0.2, 0) is 21.9 Å². The zero-order chi connectivity index (χ0) is 21.2. The molecule has 1 saturated heterocycles. The van der Waals surface area contributed by atoms with Crippen molar-refractivity contribution < 1.29 is 35.9 Å². The van der Waals surface area contributed by atoms with Crippen LogP contribution in [0.5, 0.6) is 0 Å². The van der Waals surface area contributed by atoms with E-state index < -0.39 is 47.0 Å². The van der Waals surface area contributed by atoms with Gasteiger partial charge in [0.15, 0.2) is 0 Å². The summed E-state index contributed by atoms with van der Waals surface area (Å²) in [6, 6.07) is 4.12. The van der Waals surface area contributed by atoms with Crippen molar-refractivity contribution in [2.75, 3.05) is 13.2 Å². The first kappa shape index (κ1) is 21.1. The number of carbonyl (C=O) groups excluding carboxylic acids is 1. The van der Waals surface area contributed by atoms with Crippen molar-refractivity contribution in [3.05, 3.63) is 65.0 Å². The molecule has 1 fully saturated rings. The molecule has 1 aromatic carbocycles. The molecule has 3 rings (SSSR count). The van der Waals surface area contributed by atoms with Crippen molar-refractivity contribution in [3.63, 3.8) is 0 Å². The molecule has 0 saturated carbocycles. The molecule has 0 radical (unpaired) electrons. The van der Waals surface area contributed by atoms with Gasteiger partial charge in [0.2, 0.25) is 5.91 Å². The van der Waals surface area contributed by atoms with Crippen LogP contribution < -0.4 is 5.32 Å². The number of benzene rings is 1. The molecule has 1 N–H and O–H groups in total. The largest absolute Gasteiger partial charge is 0.418 e. The molecular formula is C19H16F6N2O2. The first-order valence-electron chi connectivity index (χ1n) is 8.65. The fourth-order valence-electron chi connectivity index (χ4n) is 3.06. The van der Waals surface area contributed by atoms with E-state index in [0.29, 0.717) is 13.0 Å². The molecular weight excluding hydrogens is 402 g/mol. The van der Waals surface area contributed by atoms with Crippen LogP contribution in [0.15, 0.2) is 42.6 Å². The molecule has 4 nitrogen and oxygen atoms in total. The summed E-state index contributed by atoms with van der Waals surface area (Å²) < 4.78 is 84.0. The maximum atomic E-state index is 13.5. The summed E-state index contributed by atoms with van der Waals surface area (Å²) in [7, 11) is 0. The SMILES string of the molecule is O=C(N[C@@H](c1ccc(C(F)(F)F)cc1)c1ncccc1C(F)(F)F)C1CCOC1. The van der Waals surface area contributed by atoms with Gasteiger partial charge in [-0.2, -0.15) is 26.3 Å². The number of nitrogens with zero attached hydrogens (tertiary/aromatic N) is 1. The molecule has 1 amide bonds. The fraction of sp³-hybridized carbons (Fsp3) is 0.368. The van der Waals surface area contributed by atoms with Crippen LogP contribution in [0.2, 0.25) is 0 Å². The highest BCUT2D eigenvalue weighted by Gasteiger charge is 2.38. The second-order valence-electron chi connectivity index (χ2n) is 6.56. The van der Waals surface area contributed by atoms with Gasteiger partial charge in [0.25, 0.3) is 0 Å². The first-order valence-corrected chi connectivity index (χ1v) is 8.65. The van der Waals surface area contributed by atoms with Crippen LogP contribution in [-0.4, -0.2) is 24.1 Å². The Balaban J connectivity index is 2.02. The summed E-state index contributed by atoms with van der Waals surface area (Å²) in [5, 5.41) is 2.50. The molecule has 156 valence electrons. The van der Waals surface area contributed by atoms with Crippen molar-refractivity contribution in [3.8, 4) is 0 Å². The molecule has 1 aliphatic heterocycles. The lowest BCUT2D eigenvalue weighted by molar-refractivity contribution is -0.139. The van der Waals surface area contributed by atoms with E-state index in [4.69, 9.17) is 4.74 Å². The maximum Gasteiger partial charge on any atom is 0.418 e. The Bertz CT molecular complexity index is 858. The Morgan fingerprint density at radius 2 is 1.76 bits per heavy atom. The topological polar surface area (TPSA) is 51.2 Å². The van der Waals surface area contributed by atoms with Gasteiger partial charge < -0.3 is 10.1 Å². The quantitative estimate of drug-likeness (QED) is 0.751. The first-order chi connectivity index (χ1) is 13.6. The van der Waals surface area contributed by atoms with E-state index in [-0.39, 0.29) is 12.2 Å². The number of carbonyl (C=O) groups is 1. The number of ether oxygens (including phenoxy) is 1. The number of nitrogens with one attached hydrogen (secondary N) is 1. The number of amides is 1. The predicted molar refractivity (Wildman–Crippen MR) is 89.6 cm³/mol. The molecule has 2 aromatic rings. The molecule has 1 aromatic heterocycles. The van der Waals surface area contributed by atoms with Crippen LogP contribution >= 0.6 is 0 Å². The molecule has 0 bridgehead atoms. The van der Waals surface area contributed by atoms with Crippen molar-refractivity contribution in [2.45, 2.75) is 24.8 Å². The molecule has 29 heavy (non-hydrogen) atoms. The Morgan fingerprint density at radius 3 is 2.31 bits per heavy atom. The highest BCUT2D eigenvalue weighted by atomic mass is 19.4. The third-order valence-electron chi connectivity index (χ3n) is 4.58. The normalized spacial score (nSPS) is 18.5. The monoisotopic (exact) mass is 418 g/mol. The number of pyridine rings is 1. The fourth-order valence-corrected chi connectivity index (χ4v) is 3.06. The van der Waals surface area contributed by atoms with Crippen LogP contribution in [0.25, 0.3) is 0 Å². The highest BCUT2D eigenvalue weighted by molar-refractivity contribution is 5.80. The number of halogens is 6. The third-order valence-corrected chi connectivity index (χ3v) is 4.58. The van der Waals surface area contributed by atoms with Gasteiger partial charge in [-0.25, -0.2) is 0 Å². The summed E-state index contributed by atoms with van der Waals surface area (Å²) in [5.74, 6) is -1.10. The lowest BCUT2D eigenvalue weighted by Crippen LogP contribution is -2.36. The molecule has 2 atom stereocenters. The average Bonchev–Trinajstić information content (AvgIpc) is 3.20. The zero-order valence-electron chi connectivity index (χ0n) is 14.8. The van der Waals surface area contributed by atoms with Crippen molar-refractivity contribution in [1.29, 1.82) is 0 Å². The van der Waals surface area contributed by atoms with E-state index in [1.54, 1.807) is 0 Å². The summed E-state index contributed by atoms with van der Waals surface area (Å²) in [6.45, 7) is 0.473. The summed E-state index contributed by atoms with van der Waals surface area (Å²) in [5.41, 5.74) is -2.47. The minimum Gasteiger partial charge on any atom is -0.381 e. The van der Waals surface area contributed by atoms with E-state index in [1.807, 2.05) is 0 Å².